The summed E-state index contributed by atoms with van der Waals surface area (Å²) in [7, 11) is 0. The van der Waals surface area contributed by atoms with Crippen LogP contribution >= 0.6 is 0 Å². The van der Waals surface area contributed by atoms with E-state index in [0.29, 0.717) is 25.7 Å². The number of allylic oxidation sites excluding steroid dienone is 1. The predicted octanol–water partition coefficient (Wildman–Crippen LogP) is 2.44. The molecule has 3 saturated carbocycles. The molecule has 0 spiro atoms. The third kappa shape index (κ3) is 2.57. The van der Waals surface area contributed by atoms with E-state index in [-0.39, 0.29) is 31.0 Å². The molecule has 4 rings (SSSR count). The van der Waals surface area contributed by atoms with Gasteiger partial charge in [-0.25, -0.2) is 4.39 Å². The third-order valence-corrected chi connectivity index (χ3v) is 9.06. The fraction of sp³-hybridized carbons (Fsp3) is 0.783. The molecule has 0 aromatic heterocycles. The van der Waals surface area contributed by atoms with Crippen molar-refractivity contribution in [1.29, 1.82) is 0 Å². The number of aliphatic hydroxyl groups is 2. The summed E-state index contributed by atoms with van der Waals surface area (Å²) in [6.45, 7) is 4.25. The molecule has 0 heterocycles. The summed E-state index contributed by atoms with van der Waals surface area (Å²) in [5, 5.41) is 22.6. The fourth-order valence-electron chi connectivity index (χ4n) is 7.32. The van der Waals surface area contributed by atoms with Crippen LogP contribution in [0.15, 0.2) is 11.6 Å². The first kappa shape index (κ1) is 21.6. The molecule has 6 nitrogen and oxygen atoms in total. The first-order valence-electron chi connectivity index (χ1n) is 10.9. The minimum atomic E-state index is -1.91. The van der Waals surface area contributed by atoms with Crippen molar-refractivity contribution in [3.63, 3.8) is 0 Å². The van der Waals surface area contributed by atoms with Crippen LogP contribution in [-0.2, 0) is 19.1 Å². The second kappa shape index (κ2) is 6.70. The number of ether oxygens (including phenoxy) is 1. The van der Waals surface area contributed by atoms with Crippen molar-refractivity contribution in [3.8, 4) is 0 Å². The van der Waals surface area contributed by atoms with Crippen molar-refractivity contribution in [2.75, 3.05) is 6.61 Å². The number of esters is 1. The highest BCUT2D eigenvalue weighted by Gasteiger charge is 2.74. The van der Waals surface area contributed by atoms with Gasteiger partial charge in [-0.1, -0.05) is 19.4 Å². The number of carbonyl (C=O) groups excluding carboxylic acids is 3. The number of rotatable bonds is 3. The average molecular weight is 422 g/mol. The zero-order valence-electron chi connectivity index (χ0n) is 17.9. The Kier molecular flexibility index (Phi) is 4.83. The molecule has 4 aliphatic rings. The lowest BCUT2D eigenvalue weighted by Gasteiger charge is -2.63. The van der Waals surface area contributed by atoms with E-state index in [1.54, 1.807) is 13.0 Å². The van der Waals surface area contributed by atoms with Crippen molar-refractivity contribution < 1.29 is 33.7 Å². The van der Waals surface area contributed by atoms with Crippen molar-refractivity contribution in [2.45, 2.75) is 83.1 Å². The molecule has 3 fully saturated rings. The van der Waals surface area contributed by atoms with E-state index in [1.165, 1.54) is 6.92 Å². The Morgan fingerprint density at radius 2 is 1.90 bits per heavy atom. The van der Waals surface area contributed by atoms with Crippen LogP contribution in [0.3, 0.4) is 0 Å². The quantitative estimate of drug-likeness (QED) is 0.678. The minimum Gasteiger partial charge on any atom is -0.458 e. The first-order valence-corrected chi connectivity index (χ1v) is 10.9. The fourth-order valence-corrected chi connectivity index (χ4v) is 7.32. The number of ketones is 2. The summed E-state index contributed by atoms with van der Waals surface area (Å²) >= 11 is 0. The van der Waals surface area contributed by atoms with Crippen molar-refractivity contribution >= 4 is 17.5 Å². The van der Waals surface area contributed by atoms with E-state index in [1.807, 2.05) is 6.92 Å². The van der Waals surface area contributed by atoms with Crippen LogP contribution in [-0.4, -0.2) is 51.7 Å². The molecule has 0 aliphatic heterocycles. The van der Waals surface area contributed by atoms with Crippen LogP contribution in [0.2, 0.25) is 0 Å². The highest BCUT2D eigenvalue weighted by atomic mass is 19.1. The molecule has 0 bridgehead atoms. The Morgan fingerprint density at radius 3 is 2.57 bits per heavy atom. The Morgan fingerprint density at radius 1 is 1.20 bits per heavy atom. The van der Waals surface area contributed by atoms with Gasteiger partial charge in [0.15, 0.2) is 12.4 Å². The Labute approximate surface area is 175 Å². The van der Waals surface area contributed by atoms with Crippen LogP contribution < -0.4 is 0 Å². The van der Waals surface area contributed by atoms with E-state index < -0.39 is 52.5 Å². The predicted molar refractivity (Wildman–Crippen MR) is 105 cm³/mol. The van der Waals surface area contributed by atoms with Gasteiger partial charge in [0.25, 0.3) is 0 Å². The number of halogens is 1. The standard InChI is InChI=1S/C23H31FO6/c1-13(25)30-12-19(28)22(29)9-7-16-17-5-4-14-10-15(26)6-8-20(14,2)23(17,24)18(27)11-21(16,22)3/h10,16-18,27,29H,4-9,11-12H2,1-3H3/t16-,17-,18-,20-,21-,22+,23-/m0/s1. The Bertz CT molecular complexity index is 838. The highest BCUT2D eigenvalue weighted by Crippen LogP contribution is 2.70. The number of Topliss-reactive ketones (excluding diaryl/α,β-unsaturated/α-hetero) is 1. The summed E-state index contributed by atoms with van der Waals surface area (Å²) in [6, 6.07) is 0. The van der Waals surface area contributed by atoms with Crippen LogP contribution in [0, 0.1) is 22.7 Å². The molecule has 0 radical (unpaired) electrons. The number of carbonyl (C=O) groups is 3. The molecule has 0 aromatic carbocycles. The van der Waals surface area contributed by atoms with Crippen LogP contribution in [0.5, 0.6) is 0 Å². The molecule has 7 atom stereocenters. The first-order chi connectivity index (χ1) is 13.9. The van der Waals surface area contributed by atoms with Crippen molar-refractivity contribution in [1.82, 2.24) is 0 Å². The van der Waals surface area contributed by atoms with Gasteiger partial charge in [0, 0.05) is 30.1 Å². The van der Waals surface area contributed by atoms with Crippen LogP contribution in [0.1, 0.15) is 65.7 Å². The van der Waals surface area contributed by atoms with Gasteiger partial charge in [0.1, 0.15) is 11.3 Å². The van der Waals surface area contributed by atoms with Gasteiger partial charge in [0.05, 0.1) is 6.10 Å². The second-order valence-corrected chi connectivity index (χ2v) is 10.2. The lowest BCUT2D eigenvalue weighted by atomic mass is 9.44. The maximum Gasteiger partial charge on any atom is 0.303 e. The molecular formula is C23H31FO6. The lowest BCUT2D eigenvalue weighted by Crippen LogP contribution is -2.69. The largest absolute Gasteiger partial charge is 0.458 e. The maximum absolute atomic E-state index is 16.9. The van der Waals surface area contributed by atoms with Gasteiger partial charge >= 0.3 is 5.97 Å². The van der Waals surface area contributed by atoms with Gasteiger partial charge in [-0.15, -0.1) is 0 Å². The van der Waals surface area contributed by atoms with E-state index in [9.17, 15) is 24.6 Å². The van der Waals surface area contributed by atoms with Crippen molar-refractivity contribution in [3.05, 3.63) is 11.6 Å². The topological polar surface area (TPSA) is 101 Å². The molecule has 0 saturated heterocycles. The van der Waals surface area contributed by atoms with E-state index in [0.717, 1.165) is 5.57 Å². The summed E-state index contributed by atoms with van der Waals surface area (Å²) in [6.07, 6.45) is 2.45. The molecule has 4 aliphatic carbocycles. The van der Waals surface area contributed by atoms with Gasteiger partial charge in [-0.3, -0.25) is 14.4 Å². The maximum atomic E-state index is 16.9. The number of hydrogen-bond acceptors (Lipinski definition) is 6. The zero-order chi connectivity index (χ0) is 22.1. The SMILES string of the molecule is CC(=O)OCC(=O)[C@]1(O)CC[C@H]2[C@@H]3CCC4=CC(=O)CC[C@]4(C)[C@@]3(F)[C@@H](O)C[C@@]21C. The van der Waals surface area contributed by atoms with Crippen LogP contribution in [0.25, 0.3) is 0 Å². The minimum absolute atomic E-state index is 0.00553. The summed E-state index contributed by atoms with van der Waals surface area (Å²) in [5.41, 5.74) is -4.83. The summed E-state index contributed by atoms with van der Waals surface area (Å²) < 4.78 is 21.8. The normalized spacial score (nSPS) is 47.6. The number of fused-ring (bicyclic) bond motifs is 5. The lowest BCUT2D eigenvalue weighted by molar-refractivity contribution is -0.227. The highest BCUT2D eigenvalue weighted by molar-refractivity contribution is 5.92. The molecule has 2 N–H and O–H groups in total. The molecule has 7 heteroatoms. The molecule has 0 aromatic rings. The molecular weight excluding hydrogens is 391 g/mol. The Balaban J connectivity index is 1.71. The molecule has 30 heavy (non-hydrogen) atoms. The third-order valence-electron chi connectivity index (χ3n) is 9.06. The number of aliphatic hydroxyl groups excluding tert-OH is 1. The molecule has 166 valence electrons. The summed E-state index contributed by atoms with van der Waals surface area (Å²) in [4.78, 5) is 35.9. The van der Waals surface area contributed by atoms with Gasteiger partial charge < -0.3 is 14.9 Å². The monoisotopic (exact) mass is 422 g/mol. The number of alkyl halides is 1. The summed E-state index contributed by atoms with van der Waals surface area (Å²) in [5.74, 6) is -1.99. The Hall–Kier alpha value is -1.60. The number of hydrogen-bond donors (Lipinski definition) is 2. The average Bonchev–Trinajstić information content (AvgIpc) is 2.94. The second-order valence-electron chi connectivity index (χ2n) is 10.2. The molecule has 0 amide bonds. The van der Waals surface area contributed by atoms with E-state index in [4.69, 9.17) is 4.74 Å². The van der Waals surface area contributed by atoms with Gasteiger partial charge in [-0.05, 0) is 50.5 Å². The molecule has 0 unspecified atom stereocenters. The van der Waals surface area contributed by atoms with E-state index in [2.05, 4.69) is 0 Å². The van der Waals surface area contributed by atoms with Gasteiger partial charge in [0.2, 0.25) is 5.78 Å². The van der Waals surface area contributed by atoms with Gasteiger partial charge in [-0.2, -0.15) is 0 Å². The smallest absolute Gasteiger partial charge is 0.303 e. The zero-order valence-corrected chi connectivity index (χ0v) is 17.9. The van der Waals surface area contributed by atoms with Crippen LogP contribution in [0.4, 0.5) is 4.39 Å². The van der Waals surface area contributed by atoms with E-state index >= 15 is 4.39 Å². The van der Waals surface area contributed by atoms with Crippen molar-refractivity contribution in [2.24, 2.45) is 22.7 Å².